The normalized spacial score (nSPS) is 10.2. The van der Waals surface area contributed by atoms with Crippen LogP contribution < -0.4 is 15.2 Å². The number of carbonyl (C=O) groups excluding carboxylic acids is 1. The van der Waals surface area contributed by atoms with Crippen LogP contribution in [0.15, 0.2) is 10.5 Å². The van der Waals surface area contributed by atoms with E-state index in [1.165, 1.54) is 20.3 Å². The average Bonchev–Trinajstić information content (AvgIpc) is 2.32. The molecule has 0 amide bonds. The molecule has 1 rings (SSSR count). The number of carbonyl (C=O) groups is 1. The molecule has 0 spiro atoms. The standard InChI is InChI=1S/C11H13BrFNO3/c1-16-8-5-6(7(15)3-4-14)10(13)9(12)11(8)17-2/h5H,3-4,14H2,1-2H3. The summed E-state index contributed by atoms with van der Waals surface area (Å²) in [6.45, 7) is 0.171. The monoisotopic (exact) mass is 305 g/mol. The predicted molar refractivity (Wildman–Crippen MR) is 65.2 cm³/mol. The summed E-state index contributed by atoms with van der Waals surface area (Å²) in [4.78, 5) is 11.6. The minimum atomic E-state index is -0.666. The van der Waals surface area contributed by atoms with Crippen molar-refractivity contribution in [3.63, 3.8) is 0 Å². The Bertz CT molecular complexity index is 437. The fourth-order valence-corrected chi connectivity index (χ4v) is 1.97. The molecule has 6 heteroatoms. The zero-order valence-electron chi connectivity index (χ0n) is 9.55. The highest BCUT2D eigenvalue weighted by Gasteiger charge is 2.21. The SMILES string of the molecule is COc1cc(C(=O)CCN)c(F)c(Br)c1OC. The second kappa shape index (κ2) is 5.97. The zero-order chi connectivity index (χ0) is 13.0. The van der Waals surface area contributed by atoms with E-state index in [-0.39, 0.29) is 34.5 Å². The highest BCUT2D eigenvalue weighted by atomic mass is 79.9. The Balaban J connectivity index is 3.34. The molecular weight excluding hydrogens is 293 g/mol. The van der Waals surface area contributed by atoms with Crippen molar-refractivity contribution in [2.75, 3.05) is 20.8 Å². The highest BCUT2D eigenvalue weighted by Crippen LogP contribution is 2.39. The van der Waals surface area contributed by atoms with Gasteiger partial charge in [0.1, 0.15) is 0 Å². The van der Waals surface area contributed by atoms with Crippen molar-refractivity contribution in [2.45, 2.75) is 6.42 Å². The van der Waals surface area contributed by atoms with Gasteiger partial charge in [0.2, 0.25) is 0 Å². The van der Waals surface area contributed by atoms with Gasteiger partial charge in [-0.3, -0.25) is 4.79 Å². The van der Waals surface area contributed by atoms with Crippen LogP contribution in [0.3, 0.4) is 0 Å². The van der Waals surface area contributed by atoms with Gasteiger partial charge in [0, 0.05) is 6.42 Å². The maximum absolute atomic E-state index is 13.9. The lowest BCUT2D eigenvalue weighted by Crippen LogP contribution is -2.11. The molecule has 0 saturated heterocycles. The van der Waals surface area contributed by atoms with Crippen LogP contribution in [0.5, 0.6) is 11.5 Å². The van der Waals surface area contributed by atoms with Crippen LogP contribution in [0.4, 0.5) is 4.39 Å². The van der Waals surface area contributed by atoms with Gasteiger partial charge in [-0.15, -0.1) is 0 Å². The lowest BCUT2D eigenvalue weighted by Gasteiger charge is -2.12. The third-order valence-corrected chi connectivity index (χ3v) is 2.93. The minimum Gasteiger partial charge on any atom is -0.493 e. The first-order valence-electron chi connectivity index (χ1n) is 4.90. The smallest absolute Gasteiger partial charge is 0.177 e. The van der Waals surface area contributed by atoms with Crippen LogP contribution in [0.2, 0.25) is 0 Å². The van der Waals surface area contributed by atoms with Gasteiger partial charge in [-0.25, -0.2) is 4.39 Å². The summed E-state index contributed by atoms with van der Waals surface area (Å²) in [5.74, 6) is -0.525. The van der Waals surface area contributed by atoms with Crippen molar-refractivity contribution in [3.8, 4) is 11.5 Å². The molecule has 0 aliphatic carbocycles. The molecule has 0 fully saturated rings. The zero-order valence-corrected chi connectivity index (χ0v) is 11.1. The van der Waals surface area contributed by atoms with E-state index in [4.69, 9.17) is 15.2 Å². The minimum absolute atomic E-state index is 0.0556. The van der Waals surface area contributed by atoms with Crippen LogP contribution in [0.1, 0.15) is 16.8 Å². The number of ether oxygens (including phenoxy) is 2. The first-order valence-corrected chi connectivity index (χ1v) is 5.69. The third kappa shape index (κ3) is 2.76. The van der Waals surface area contributed by atoms with E-state index in [0.29, 0.717) is 5.75 Å². The third-order valence-electron chi connectivity index (χ3n) is 2.22. The molecule has 0 bridgehead atoms. The average molecular weight is 306 g/mol. The van der Waals surface area contributed by atoms with E-state index < -0.39 is 5.82 Å². The van der Waals surface area contributed by atoms with E-state index in [1.54, 1.807) is 0 Å². The summed E-state index contributed by atoms with van der Waals surface area (Å²) in [6.07, 6.45) is 0.0822. The summed E-state index contributed by atoms with van der Waals surface area (Å²) in [5, 5.41) is 0. The fraction of sp³-hybridized carbons (Fsp3) is 0.364. The van der Waals surface area contributed by atoms with Gasteiger partial charge in [-0.2, -0.15) is 0 Å². The molecular formula is C11H13BrFNO3. The number of benzene rings is 1. The van der Waals surface area contributed by atoms with Gasteiger partial charge < -0.3 is 15.2 Å². The van der Waals surface area contributed by atoms with E-state index in [9.17, 15) is 9.18 Å². The number of ketones is 1. The summed E-state index contributed by atoms with van der Waals surface area (Å²) < 4.78 is 24.0. The summed E-state index contributed by atoms with van der Waals surface area (Å²) in [6, 6.07) is 1.32. The molecule has 0 aliphatic heterocycles. The second-order valence-corrected chi connectivity index (χ2v) is 4.04. The number of halogens is 2. The van der Waals surface area contributed by atoms with E-state index >= 15 is 0 Å². The van der Waals surface area contributed by atoms with Crippen molar-refractivity contribution < 1.29 is 18.7 Å². The molecule has 94 valence electrons. The van der Waals surface area contributed by atoms with Gasteiger partial charge in [-0.1, -0.05) is 0 Å². The van der Waals surface area contributed by atoms with Crippen LogP contribution in [-0.4, -0.2) is 26.5 Å². The maximum atomic E-state index is 13.9. The van der Waals surface area contributed by atoms with Crippen molar-refractivity contribution >= 4 is 21.7 Å². The first kappa shape index (κ1) is 13.9. The van der Waals surface area contributed by atoms with Gasteiger partial charge >= 0.3 is 0 Å². The van der Waals surface area contributed by atoms with E-state index in [0.717, 1.165) is 0 Å². The number of hydrogen-bond donors (Lipinski definition) is 1. The van der Waals surface area contributed by atoms with Gasteiger partial charge in [0.25, 0.3) is 0 Å². The summed E-state index contributed by atoms with van der Waals surface area (Å²) in [5.41, 5.74) is 5.22. The Kier molecular flexibility index (Phi) is 4.89. The molecule has 0 heterocycles. The fourth-order valence-electron chi connectivity index (χ4n) is 1.40. The predicted octanol–water partition coefficient (Wildman–Crippen LogP) is 2.14. The molecule has 0 aromatic heterocycles. The quantitative estimate of drug-likeness (QED) is 0.847. The molecule has 1 aromatic carbocycles. The van der Waals surface area contributed by atoms with Crippen molar-refractivity contribution in [3.05, 3.63) is 21.9 Å². The molecule has 0 saturated carbocycles. The second-order valence-electron chi connectivity index (χ2n) is 3.25. The lowest BCUT2D eigenvalue weighted by atomic mass is 10.1. The van der Waals surface area contributed by atoms with Crippen LogP contribution in [-0.2, 0) is 0 Å². The highest BCUT2D eigenvalue weighted by molar-refractivity contribution is 9.10. The molecule has 0 unspecified atom stereocenters. The number of nitrogens with two attached hydrogens (primary N) is 1. The molecule has 4 nitrogen and oxygen atoms in total. The van der Waals surface area contributed by atoms with Gasteiger partial charge in [-0.05, 0) is 28.5 Å². The maximum Gasteiger partial charge on any atom is 0.177 e. The Morgan fingerprint density at radius 2 is 2.12 bits per heavy atom. The van der Waals surface area contributed by atoms with Crippen molar-refractivity contribution in [1.29, 1.82) is 0 Å². The molecule has 2 N–H and O–H groups in total. The first-order chi connectivity index (χ1) is 8.06. The Morgan fingerprint density at radius 3 is 2.59 bits per heavy atom. The number of Topliss-reactive ketones (excluding diaryl/α,β-unsaturated/α-hetero) is 1. The molecule has 0 atom stereocenters. The van der Waals surface area contributed by atoms with Crippen LogP contribution in [0, 0.1) is 5.82 Å². The summed E-state index contributed by atoms with van der Waals surface area (Å²) >= 11 is 3.04. The van der Waals surface area contributed by atoms with Crippen LogP contribution in [0.25, 0.3) is 0 Å². The number of methoxy groups -OCH3 is 2. The Morgan fingerprint density at radius 1 is 1.47 bits per heavy atom. The van der Waals surface area contributed by atoms with Crippen molar-refractivity contribution in [2.24, 2.45) is 5.73 Å². The number of rotatable bonds is 5. The van der Waals surface area contributed by atoms with Gasteiger partial charge in [0.05, 0.1) is 24.3 Å². The van der Waals surface area contributed by atoms with Crippen LogP contribution >= 0.6 is 15.9 Å². The molecule has 17 heavy (non-hydrogen) atoms. The molecule has 1 aromatic rings. The Hall–Kier alpha value is -1.14. The Labute approximate surface area is 107 Å². The van der Waals surface area contributed by atoms with E-state index in [2.05, 4.69) is 15.9 Å². The molecule has 0 radical (unpaired) electrons. The molecule has 0 aliphatic rings. The number of hydrogen-bond acceptors (Lipinski definition) is 4. The van der Waals surface area contributed by atoms with Crippen molar-refractivity contribution in [1.82, 2.24) is 0 Å². The van der Waals surface area contributed by atoms with Gasteiger partial charge in [0.15, 0.2) is 23.1 Å². The lowest BCUT2D eigenvalue weighted by molar-refractivity contribution is 0.0981. The largest absolute Gasteiger partial charge is 0.493 e. The summed E-state index contributed by atoms with van der Waals surface area (Å²) in [7, 11) is 2.81. The van der Waals surface area contributed by atoms with E-state index in [1.807, 2.05) is 0 Å². The topological polar surface area (TPSA) is 61.5 Å².